The summed E-state index contributed by atoms with van der Waals surface area (Å²) in [5, 5.41) is 6.57. The summed E-state index contributed by atoms with van der Waals surface area (Å²) in [6.07, 6.45) is 0. The molecule has 3 aromatic rings. The molecule has 21 heavy (non-hydrogen) atoms. The van der Waals surface area contributed by atoms with E-state index in [1.807, 2.05) is 36.4 Å². The number of benzene rings is 2. The molecule has 0 aliphatic rings. The Bertz CT molecular complexity index is 741. The molecule has 5 heteroatoms. The number of anilines is 1. The van der Waals surface area contributed by atoms with Gasteiger partial charge in [-0.25, -0.2) is 4.98 Å². The minimum absolute atomic E-state index is 0.720. The topological polar surface area (TPSA) is 24.9 Å². The van der Waals surface area contributed by atoms with Gasteiger partial charge in [0.15, 0.2) is 0 Å². The van der Waals surface area contributed by atoms with Crippen molar-refractivity contribution in [3.63, 3.8) is 0 Å². The van der Waals surface area contributed by atoms with Crippen molar-refractivity contribution in [2.24, 2.45) is 0 Å². The molecule has 0 bridgehead atoms. The number of aromatic nitrogens is 1. The Labute approximate surface area is 144 Å². The van der Waals surface area contributed by atoms with Crippen LogP contribution in [-0.2, 0) is 6.54 Å². The molecule has 0 saturated heterocycles. The Hall–Kier alpha value is -1.17. The quantitative estimate of drug-likeness (QED) is 0.560. The van der Waals surface area contributed by atoms with Crippen molar-refractivity contribution in [3.05, 3.63) is 67.9 Å². The van der Waals surface area contributed by atoms with Crippen LogP contribution >= 0.6 is 43.2 Å². The van der Waals surface area contributed by atoms with Crippen LogP contribution in [0.4, 0.5) is 5.69 Å². The molecule has 0 aliphatic heterocycles. The van der Waals surface area contributed by atoms with E-state index in [4.69, 9.17) is 0 Å². The molecule has 2 aromatic carbocycles. The molecule has 106 valence electrons. The second kappa shape index (κ2) is 6.73. The molecule has 2 nitrogen and oxygen atoms in total. The van der Waals surface area contributed by atoms with E-state index in [0.29, 0.717) is 0 Å². The van der Waals surface area contributed by atoms with Crippen molar-refractivity contribution < 1.29 is 0 Å². The van der Waals surface area contributed by atoms with Crippen molar-refractivity contribution in [1.82, 2.24) is 4.98 Å². The normalized spacial score (nSPS) is 10.6. The van der Waals surface area contributed by atoms with Crippen molar-refractivity contribution in [1.29, 1.82) is 0 Å². The monoisotopic (exact) mass is 422 g/mol. The molecule has 1 aromatic heterocycles. The first-order chi connectivity index (χ1) is 10.2. The molecular weight excluding hydrogens is 412 g/mol. The molecule has 0 radical (unpaired) electrons. The maximum Gasteiger partial charge on any atom is 0.112 e. The largest absolute Gasteiger partial charge is 0.378 e. The number of nitrogens with zero attached hydrogens (tertiary/aromatic N) is 1. The maximum absolute atomic E-state index is 4.67. The van der Waals surface area contributed by atoms with E-state index in [-0.39, 0.29) is 0 Å². The fraction of sp³-hybridized carbons (Fsp3) is 0.0625. The number of thiazole rings is 1. The van der Waals surface area contributed by atoms with E-state index >= 15 is 0 Å². The lowest BCUT2D eigenvalue weighted by Gasteiger charge is -2.07. The van der Waals surface area contributed by atoms with E-state index < -0.39 is 0 Å². The van der Waals surface area contributed by atoms with Gasteiger partial charge in [0.25, 0.3) is 0 Å². The molecule has 0 spiro atoms. The third-order valence-corrected chi connectivity index (χ3v) is 4.98. The van der Waals surface area contributed by atoms with Crippen LogP contribution < -0.4 is 5.32 Å². The number of hydrogen-bond acceptors (Lipinski definition) is 3. The van der Waals surface area contributed by atoms with Gasteiger partial charge in [0.2, 0.25) is 0 Å². The van der Waals surface area contributed by atoms with Crippen molar-refractivity contribution >= 4 is 48.9 Å². The van der Waals surface area contributed by atoms with Crippen LogP contribution in [0, 0.1) is 0 Å². The number of rotatable bonds is 4. The summed E-state index contributed by atoms with van der Waals surface area (Å²) in [5.74, 6) is 0. The summed E-state index contributed by atoms with van der Waals surface area (Å²) >= 11 is 8.68. The number of halogens is 2. The molecule has 0 saturated carbocycles. The molecule has 1 N–H and O–H groups in total. The first-order valence-corrected chi connectivity index (χ1v) is 8.88. The Morgan fingerprint density at radius 1 is 1.05 bits per heavy atom. The maximum atomic E-state index is 4.67. The Balaban J connectivity index is 1.70. The zero-order valence-corrected chi connectivity index (χ0v) is 15.0. The van der Waals surface area contributed by atoms with Gasteiger partial charge in [-0.1, -0.05) is 46.3 Å². The van der Waals surface area contributed by atoms with E-state index in [0.717, 1.165) is 37.4 Å². The second-order valence-electron chi connectivity index (χ2n) is 4.47. The zero-order valence-electron chi connectivity index (χ0n) is 11.0. The van der Waals surface area contributed by atoms with E-state index in [1.54, 1.807) is 11.3 Å². The molecule has 0 aliphatic carbocycles. The lowest BCUT2D eigenvalue weighted by atomic mass is 10.2. The predicted octanol–water partition coefficient (Wildman–Crippen LogP) is 5.95. The summed E-state index contributed by atoms with van der Waals surface area (Å²) < 4.78 is 2.09. The van der Waals surface area contributed by atoms with Crippen molar-refractivity contribution in [2.45, 2.75) is 6.54 Å². The van der Waals surface area contributed by atoms with Crippen molar-refractivity contribution in [2.75, 3.05) is 5.32 Å². The standard InChI is InChI=1S/C16H12Br2N2S/c17-12-6-7-14(13(18)8-12)19-9-16-20-15(10-21-16)11-4-2-1-3-5-11/h1-8,10,19H,9H2. The number of hydrogen-bond donors (Lipinski definition) is 1. The Kier molecular flexibility index (Phi) is 4.73. The summed E-state index contributed by atoms with van der Waals surface area (Å²) in [6.45, 7) is 0.720. The highest BCUT2D eigenvalue weighted by molar-refractivity contribution is 9.11. The third kappa shape index (κ3) is 3.73. The Morgan fingerprint density at radius 2 is 1.86 bits per heavy atom. The van der Waals surface area contributed by atoms with Crippen molar-refractivity contribution in [3.8, 4) is 11.3 Å². The zero-order chi connectivity index (χ0) is 14.7. The van der Waals surface area contributed by atoms with Gasteiger partial charge in [0.05, 0.1) is 12.2 Å². The smallest absolute Gasteiger partial charge is 0.112 e. The molecule has 1 heterocycles. The van der Waals surface area contributed by atoms with Gasteiger partial charge in [-0.2, -0.15) is 0 Å². The molecule has 0 atom stereocenters. The first-order valence-electron chi connectivity index (χ1n) is 6.41. The fourth-order valence-corrected chi connectivity index (χ4v) is 3.87. The molecule has 0 amide bonds. The molecule has 0 unspecified atom stereocenters. The highest BCUT2D eigenvalue weighted by Crippen LogP contribution is 2.27. The van der Waals surface area contributed by atoms with Crippen LogP contribution in [0.3, 0.4) is 0 Å². The second-order valence-corrected chi connectivity index (χ2v) is 7.18. The minimum atomic E-state index is 0.720. The predicted molar refractivity (Wildman–Crippen MR) is 96.7 cm³/mol. The number of nitrogens with one attached hydrogen (secondary N) is 1. The van der Waals surface area contributed by atoms with Gasteiger partial charge in [-0.05, 0) is 34.1 Å². The highest BCUT2D eigenvalue weighted by atomic mass is 79.9. The summed E-state index contributed by atoms with van der Waals surface area (Å²) in [4.78, 5) is 4.67. The summed E-state index contributed by atoms with van der Waals surface area (Å²) in [6, 6.07) is 16.3. The van der Waals surface area contributed by atoms with Crippen LogP contribution in [0.2, 0.25) is 0 Å². The third-order valence-electron chi connectivity index (χ3n) is 2.98. The van der Waals surface area contributed by atoms with E-state index in [1.165, 1.54) is 0 Å². The SMILES string of the molecule is Brc1ccc(NCc2nc(-c3ccccc3)cs2)c(Br)c1. The van der Waals surface area contributed by atoms with Crippen LogP contribution in [-0.4, -0.2) is 4.98 Å². The summed E-state index contributed by atoms with van der Waals surface area (Å²) in [7, 11) is 0. The van der Waals surface area contributed by atoms with Crippen LogP contribution in [0.15, 0.2) is 62.9 Å². The average Bonchev–Trinajstić information content (AvgIpc) is 2.96. The lowest BCUT2D eigenvalue weighted by molar-refractivity contribution is 1.10. The van der Waals surface area contributed by atoms with Gasteiger partial charge < -0.3 is 5.32 Å². The van der Waals surface area contributed by atoms with E-state index in [2.05, 4.69) is 59.7 Å². The molecular formula is C16H12Br2N2S. The summed E-state index contributed by atoms with van der Waals surface area (Å²) in [5.41, 5.74) is 3.26. The van der Waals surface area contributed by atoms with E-state index in [9.17, 15) is 0 Å². The average molecular weight is 424 g/mol. The van der Waals surface area contributed by atoms with Crippen LogP contribution in [0.1, 0.15) is 5.01 Å². The first kappa shape index (κ1) is 14.8. The van der Waals surface area contributed by atoms with Gasteiger partial charge in [0.1, 0.15) is 5.01 Å². The van der Waals surface area contributed by atoms with Crippen LogP contribution in [0.25, 0.3) is 11.3 Å². The fourth-order valence-electron chi connectivity index (χ4n) is 1.94. The molecule has 3 rings (SSSR count). The highest BCUT2D eigenvalue weighted by Gasteiger charge is 2.05. The van der Waals surface area contributed by atoms with Crippen LogP contribution in [0.5, 0.6) is 0 Å². The lowest BCUT2D eigenvalue weighted by Crippen LogP contribution is -1.99. The Morgan fingerprint density at radius 3 is 2.62 bits per heavy atom. The minimum Gasteiger partial charge on any atom is -0.378 e. The van der Waals surface area contributed by atoms with Gasteiger partial charge in [-0.15, -0.1) is 11.3 Å². The van der Waals surface area contributed by atoms with Gasteiger partial charge in [0, 0.05) is 25.6 Å². The van der Waals surface area contributed by atoms with Gasteiger partial charge >= 0.3 is 0 Å². The van der Waals surface area contributed by atoms with Gasteiger partial charge in [-0.3, -0.25) is 0 Å². The molecule has 0 fully saturated rings.